The van der Waals surface area contributed by atoms with Gasteiger partial charge in [0.1, 0.15) is 0 Å². The van der Waals surface area contributed by atoms with Crippen LogP contribution in [0.15, 0.2) is 12.2 Å². The Kier molecular flexibility index (Phi) is 3.33. The number of nitrogens with zero attached hydrogens (tertiary/aromatic N) is 1. The number of hydrogen-bond acceptors (Lipinski definition) is 1. The molecule has 0 spiro atoms. The van der Waals surface area contributed by atoms with Crippen LogP contribution in [0.2, 0.25) is 0 Å². The molecule has 0 aromatic carbocycles. The fourth-order valence-electron chi connectivity index (χ4n) is 1.95. The molecule has 0 amide bonds. The second-order valence-electron chi connectivity index (χ2n) is 4.31. The lowest BCUT2D eigenvalue weighted by atomic mass is 9.95. The van der Waals surface area contributed by atoms with E-state index in [2.05, 4.69) is 44.7 Å². The topological polar surface area (TPSA) is 3.24 Å². The summed E-state index contributed by atoms with van der Waals surface area (Å²) in [6.07, 6.45) is 5.85. The highest BCUT2D eigenvalue weighted by Crippen LogP contribution is 2.20. The van der Waals surface area contributed by atoms with Gasteiger partial charge in [-0.05, 0) is 26.2 Å². The van der Waals surface area contributed by atoms with Crippen LogP contribution in [0.4, 0.5) is 0 Å². The summed E-state index contributed by atoms with van der Waals surface area (Å²) in [5, 5.41) is 0. The minimum absolute atomic E-state index is 0.683. The van der Waals surface area contributed by atoms with Gasteiger partial charge < -0.3 is 0 Å². The molecule has 1 aliphatic rings. The summed E-state index contributed by atoms with van der Waals surface area (Å²) in [5.41, 5.74) is 0. The Morgan fingerprint density at radius 1 is 1.17 bits per heavy atom. The lowest BCUT2D eigenvalue weighted by molar-refractivity contribution is 0.127. The minimum atomic E-state index is 0.683. The Labute approximate surface area is 76.5 Å². The van der Waals surface area contributed by atoms with Crippen molar-refractivity contribution in [3.63, 3.8) is 0 Å². The summed E-state index contributed by atoms with van der Waals surface area (Å²) in [7, 11) is 0. The maximum Gasteiger partial charge on any atom is 0.0169 e. The van der Waals surface area contributed by atoms with Gasteiger partial charge in [0.15, 0.2) is 0 Å². The van der Waals surface area contributed by atoms with Gasteiger partial charge in [-0.1, -0.05) is 26.0 Å². The van der Waals surface area contributed by atoms with Crippen molar-refractivity contribution >= 4 is 0 Å². The molecule has 0 N–H and O–H groups in total. The van der Waals surface area contributed by atoms with E-state index in [0.29, 0.717) is 6.04 Å². The van der Waals surface area contributed by atoms with Gasteiger partial charge in [-0.15, -0.1) is 0 Å². The summed E-state index contributed by atoms with van der Waals surface area (Å²) in [6, 6.07) is 1.44. The van der Waals surface area contributed by atoms with Crippen molar-refractivity contribution < 1.29 is 0 Å². The van der Waals surface area contributed by atoms with Crippen molar-refractivity contribution in [3.05, 3.63) is 12.2 Å². The van der Waals surface area contributed by atoms with Gasteiger partial charge in [0.25, 0.3) is 0 Å². The highest BCUT2D eigenvalue weighted by Gasteiger charge is 2.23. The molecule has 0 aromatic heterocycles. The van der Waals surface area contributed by atoms with Gasteiger partial charge in [0.2, 0.25) is 0 Å². The molecule has 12 heavy (non-hydrogen) atoms. The van der Waals surface area contributed by atoms with Crippen LogP contribution < -0.4 is 0 Å². The molecular formula is C11H21N. The zero-order valence-corrected chi connectivity index (χ0v) is 8.75. The number of rotatable bonds is 2. The van der Waals surface area contributed by atoms with Crippen LogP contribution in [-0.2, 0) is 0 Å². The lowest BCUT2D eigenvalue weighted by Crippen LogP contribution is -2.44. The summed E-state index contributed by atoms with van der Waals surface area (Å²) < 4.78 is 0. The average molecular weight is 167 g/mol. The summed E-state index contributed by atoms with van der Waals surface area (Å²) in [6.45, 7) is 10.3. The van der Waals surface area contributed by atoms with Gasteiger partial charge in [-0.3, -0.25) is 4.90 Å². The van der Waals surface area contributed by atoms with E-state index in [1.807, 2.05) is 0 Å². The van der Waals surface area contributed by atoms with E-state index in [1.165, 1.54) is 6.42 Å². The van der Waals surface area contributed by atoms with Crippen LogP contribution in [0.1, 0.15) is 34.1 Å². The molecule has 1 unspecified atom stereocenters. The van der Waals surface area contributed by atoms with Crippen molar-refractivity contribution in [2.24, 2.45) is 5.92 Å². The molecule has 0 saturated heterocycles. The molecule has 0 bridgehead atoms. The normalized spacial score (nSPS) is 25.7. The molecule has 70 valence electrons. The Morgan fingerprint density at radius 3 is 2.25 bits per heavy atom. The molecule has 1 rings (SSSR count). The first-order valence-corrected chi connectivity index (χ1v) is 5.03. The van der Waals surface area contributed by atoms with Crippen LogP contribution in [0.25, 0.3) is 0 Å². The Morgan fingerprint density at radius 2 is 1.83 bits per heavy atom. The van der Waals surface area contributed by atoms with E-state index in [-0.39, 0.29) is 0 Å². The van der Waals surface area contributed by atoms with Crippen LogP contribution in [-0.4, -0.2) is 23.5 Å². The second kappa shape index (κ2) is 4.08. The van der Waals surface area contributed by atoms with Crippen LogP contribution in [0.5, 0.6) is 0 Å². The molecular weight excluding hydrogens is 146 g/mol. The SMILES string of the molecule is CC(C)C1CC=CCN1C(C)C. The van der Waals surface area contributed by atoms with E-state index in [1.54, 1.807) is 0 Å². The highest BCUT2D eigenvalue weighted by atomic mass is 15.2. The predicted molar refractivity (Wildman–Crippen MR) is 54.2 cm³/mol. The van der Waals surface area contributed by atoms with Gasteiger partial charge in [-0.2, -0.15) is 0 Å². The van der Waals surface area contributed by atoms with E-state index >= 15 is 0 Å². The maximum atomic E-state index is 2.59. The Bertz CT molecular complexity index is 140. The molecule has 1 heteroatoms. The lowest BCUT2D eigenvalue weighted by Gasteiger charge is -2.38. The average Bonchev–Trinajstić information content (AvgIpc) is 2.04. The number of hydrogen-bond donors (Lipinski definition) is 0. The van der Waals surface area contributed by atoms with Crippen molar-refractivity contribution in [1.29, 1.82) is 0 Å². The molecule has 1 aliphatic heterocycles. The summed E-state index contributed by atoms with van der Waals surface area (Å²) >= 11 is 0. The quantitative estimate of drug-likeness (QED) is 0.572. The van der Waals surface area contributed by atoms with Crippen molar-refractivity contribution in [2.75, 3.05) is 6.54 Å². The molecule has 0 fully saturated rings. The van der Waals surface area contributed by atoms with E-state index in [9.17, 15) is 0 Å². The third kappa shape index (κ3) is 2.10. The fraction of sp³-hybridized carbons (Fsp3) is 0.818. The van der Waals surface area contributed by atoms with E-state index < -0.39 is 0 Å². The standard InChI is InChI=1S/C11H21N/c1-9(2)11-7-5-6-8-12(11)10(3)4/h5-6,9-11H,7-8H2,1-4H3. The van der Waals surface area contributed by atoms with Gasteiger partial charge in [-0.25, -0.2) is 0 Å². The van der Waals surface area contributed by atoms with E-state index in [4.69, 9.17) is 0 Å². The predicted octanol–water partition coefficient (Wildman–Crippen LogP) is 2.68. The molecule has 1 nitrogen and oxygen atoms in total. The maximum absolute atomic E-state index is 2.59. The van der Waals surface area contributed by atoms with Gasteiger partial charge in [0.05, 0.1) is 0 Å². The molecule has 0 saturated carbocycles. The van der Waals surface area contributed by atoms with Gasteiger partial charge in [0, 0.05) is 18.6 Å². The molecule has 0 aliphatic carbocycles. The third-order valence-corrected chi connectivity index (χ3v) is 2.72. The first-order chi connectivity index (χ1) is 5.63. The van der Waals surface area contributed by atoms with Crippen molar-refractivity contribution in [2.45, 2.75) is 46.2 Å². The smallest absolute Gasteiger partial charge is 0.0169 e. The zero-order valence-electron chi connectivity index (χ0n) is 8.75. The third-order valence-electron chi connectivity index (χ3n) is 2.72. The first kappa shape index (κ1) is 9.79. The summed E-state index contributed by atoms with van der Waals surface area (Å²) in [4.78, 5) is 2.59. The first-order valence-electron chi connectivity index (χ1n) is 5.03. The minimum Gasteiger partial charge on any atom is -0.294 e. The van der Waals surface area contributed by atoms with E-state index in [0.717, 1.165) is 18.5 Å². The monoisotopic (exact) mass is 167 g/mol. The van der Waals surface area contributed by atoms with Crippen LogP contribution in [0.3, 0.4) is 0 Å². The highest BCUT2D eigenvalue weighted by molar-refractivity contribution is 4.98. The van der Waals surface area contributed by atoms with Crippen molar-refractivity contribution in [1.82, 2.24) is 4.90 Å². The van der Waals surface area contributed by atoms with Gasteiger partial charge >= 0.3 is 0 Å². The Hall–Kier alpha value is -0.300. The molecule has 1 heterocycles. The molecule has 0 radical (unpaired) electrons. The largest absolute Gasteiger partial charge is 0.294 e. The van der Waals surface area contributed by atoms with Crippen molar-refractivity contribution in [3.8, 4) is 0 Å². The van der Waals surface area contributed by atoms with Crippen LogP contribution in [0, 0.1) is 5.92 Å². The molecule has 0 aromatic rings. The molecule has 1 atom stereocenters. The second-order valence-corrected chi connectivity index (χ2v) is 4.31. The fourth-order valence-corrected chi connectivity index (χ4v) is 1.95. The summed E-state index contributed by atoms with van der Waals surface area (Å²) in [5.74, 6) is 0.775. The van der Waals surface area contributed by atoms with Crippen LogP contribution >= 0.6 is 0 Å². The Balaban J connectivity index is 2.63. The zero-order chi connectivity index (χ0) is 9.14.